The van der Waals surface area contributed by atoms with Crippen LogP contribution in [0, 0.1) is 13.8 Å². The maximum atomic E-state index is 13.5. The second-order valence-electron chi connectivity index (χ2n) is 8.19. The number of aromatic nitrogens is 1. The Bertz CT molecular complexity index is 1270. The van der Waals surface area contributed by atoms with E-state index in [9.17, 15) is 4.79 Å². The quantitative estimate of drug-likeness (QED) is 0.312. The number of carbonyl (C=O) groups excluding carboxylic acids is 1. The Balaban J connectivity index is 1.73. The Morgan fingerprint density at radius 3 is 2.47 bits per heavy atom. The van der Waals surface area contributed by atoms with Crippen LogP contribution in [0.15, 0.2) is 77.3 Å². The van der Waals surface area contributed by atoms with Crippen molar-refractivity contribution in [2.24, 2.45) is 0 Å². The molecular formula is C28H27BrN2O. The second kappa shape index (κ2) is 9.66. The summed E-state index contributed by atoms with van der Waals surface area (Å²) in [6.07, 6.45) is 0.959. The Hall–Kier alpha value is -2.98. The van der Waals surface area contributed by atoms with Crippen molar-refractivity contribution in [3.05, 3.63) is 99.5 Å². The Morgan fingerprint density at radius 2 is 1.75 bits per heavy atom. The molecule has 1 heterocycles. The monoisotopic (exact) mass is 486 g/mol. The predicted octanol–water partition coefficient (Wildman–Crippen LogP) is 7.20. The molecule has 1 aromatic heterocycles. The van der Waals surface area contributed by atoms with Crippen molar-refractivity contribution in [2.45, 2.75) is 33.1 Å². The predicted molar refractivity (Wildman–Crippen MR) is 136 cm³/mol. The molecule has 1 amide bonds. The minimum absolute atomic E-state index is 0.0590. The van der Waals surface area contributed by atoms with Crippen molar-refractivity contribution in [3.8, 4) is 11.3 Å². The van der Waals surface area contributed by atoms with Crippen LogP contribution in [0.3, 0.4) is 0 Å². The van der Waals surface area contributed by atoms with E-state index >= 15 is 0 Å². The van der Waals surface area contributed by atoms with E-state index in [1.54, 1.807) is 0 Å². The van der Waals surface area contributed by atoms with Gasteiger partial charge < -0.3 is 5.32 Å². The number of amides is 1. The lowest BCUT2D eigenvalue weighted by atomic mass is 9.94. The number of nitrogens with one attached hydrogen (secondary N) is 1. The maximum absolute atomic E-state index is 13.5. The minimum atomic E-state index is -0.0590. The summed E-state index contributed by atoms with van der Waals surface area (Å²) >= 11 is 3.63. The number of para-hydroxylation sites is 1. The molecule has 0 saturated carbocycles. The van der Waals surface area contributed by atoms with Crippen molar-refractivity contribution in [3.63, 3.8) is 0 Å². The molecule has 32 heavy (non-hydrogen) atoms. The van der Waals surface area contributed by atoms with Gasteiger partial charge in [-0.3, -0.25) is 4.79 Å². The van der Waals surface area contributed by atoms with Crippen LogP contribution in [0.4, 0.5) is 0 Å². The molecule has 4 rings (SSSR count). The van der Waals surface area contributed by atoms with Gasteiger partial charge in [0.15, 0.2) is 0 Å². The van der Waals surface area contributed by atoms with Gasteiger partial charge in [-0.05, 0) is 53.4 Å². The fraction of sp³-hybridized carbons (Fsp3) is 0.214. The highest BCUT2D eigenvalue weighted by Gasteiger charge is 2.21. The molecule has 3 aromatic carbocycles. The smallest absolute Gasteiger partial charge is 0.252 e. The summed E-state index contributed by atoms with van der Waals surface area (Å²) in [6, 6.07) is 24.5. The first kappa shape index (κ1) is 22.2. The van der Waals surface area contributed by atoms with E-state index in [-0.39, 0.29) is 11.8 Å². The molecule has 4 heteroatoms. The van der Waals surface area contributed by atoms with E-state index < -0.39 is 0 Å². The molecule has 3 nitrogen and oxygen atoms in total. The third-order valence-corrected chi connectivity index (χ3v) is 6.64. The molecule has 0 aliphatic heterocycles. The standard InChI is InChI=1S/C28H27BrN2O/c1-4-20(22-13-8-10-18(2)16-22)17-30-28(32)25-19(3)26(21-11-6-5-7-12-21)31-27-23(25)14-9-15-24(27)29/h5-16,20H,4,17H2,1-3H3,(H,30,32). The molecule has 1 N–H and O–H groups in total. The van der Waals surface area contributed by atoms with Gasteiger partial charge in [0.25, 0.3) is 5.91 Å². The average Bonchev–Trinajstić information content (AvgIpc) is 2.80. The van der Waals surface area contributed by atoms with E-state index in [1.165, 1.54) is 11.1 Å². The van der Waals surface area contributed by atoms with E-state index in [2.05, 4.69) is 59.4 Å². The zero-order valence-corrected chi connectivity index (χ0v) is 20.2. The number of rotatable bonds is 6. The molecule has 0 fully saturated rings. The van der Waals surface area contributed by atoms with E-state index in [1.807, 2.05) is 55.5 Å². The Kier molecular flexibility index (Phi) is 6.71. The third-order valence-electron chi connectivity index (χ3n) is 6.00. The number of pyridine rings is 1. The molecule has 0 aliphatic rings. The van der Waals surface area contributed by atoms with Crippen LogP contribution in [0.25, 0.3) is 22.2 Å². The maximum Gasteiger partial charge on any atom is 0.252 e. The fourth-order valence-electron chi connectivity index (χ4n) is 4.24. The zero-order valence-electron chi connectivity index (χ0n) is 18.7. The highest BCUT2D eigenvalue weighted by atomic mass is 79.9. The average molecular weight is 487 g/mol. The molecule has 0 aliphatic carbocycles. The molecule has 1 unspecified atom stereocenters. The second-order valence-corrected chi connectivity index (χ2v) is 9.05. The lowest BCUT2D eigenvalue weighted by Crippen LogP contribution is -2.29. The summed E-state index contributed by atoms with van der Waals surface area (Å²) < 4.78 is 0.882. The number of halogens is 1. The molecule has 0 spiro atoms. The summed E-state index contributed by atoms with van der Waals surface area (Å²) in [7, 11) is 0. The molecule has 162 valence electrons. The molecule has 0 bridgehead atoms. The number of carbonyl (C=O) groups is 1. The number of hydrogen-bond acceptors (Lipinski definition) is 2. The Labute approximate surface area is 198 Å². The van der Waals surface area contributed by atoms with Crippen LogP contribution >= 0.6 is 15.9 Å². The number of fused-ring (bicyclic) bond motifs is 1. The molecule has 0 radical (unpaired) electrons. The largest absolute Gasteiger partial charge is 0.351 e. The van der Waals surface area contributed by atoms with E-state index in [0.29, 0.717) is 12.1 Å². The van der Waals surface area contributed by atoms with Gasteiger partial charge in [0.05, 0.1) is 16.8 Å². The third kappa shape index (κ3) is 4.46. The van der Waals surface area contributed by atoms with Gasteiger partial charge in [-0.15, -0.1) is 0 Å². The van der Waals surface area contributed by atoms with Crippen LogP contribution in [0.2, 0.25) is 0 Å². The highest BCUT2D eigenvalue weighted by Crippen LogP contribution is 2.33. The van der Waals surface area contributed by atoms with Crippen molar-refractivity contribution in [1.82, 2.24) is 10.3 Å². The van der Waals surface area contributed by atoms with Crippen LogP contribution in [0.1, 0.15) is 46.3 Å². The van der Waals surface area contributed by atoms with Crippen LogP contribution < -0.4 is 5.32 Å². The zero-order chi connectivity index (χ0) is 22.7. The van der Waals surface area contributed by atoms with Gasteiger partial charge in [-0.25, -0.2) is 4.98 Å². The molecular weight excluding hydrogens is 460 g/mol. The lowest BCUT2D eigenvalue weighted by Gasteiger charge is -2.19. The van der Waals surface area contributed by atoms with Gasteiger partial charge in [-0.1, -0.05) is 79.2 Å². The summed E-state index contributed by atoms with van der Waals surface area (Å²) in [5, 5.41) is 4.08. The number of aryl methyl sites for hydroxylation is 1. The van der Waals surface area contributed by atoms with Crippen molar-refractivity contribution in [1.29, 1.82) is 0 Å². The normalized spacial score (nSPS) is 12.0. The Morgan fingerprint density at radius 1 is 1.00 bits per heavy atom. The first-order valence-corrected chi connectivity index (χ1v) is 11.8. The molecule has 1 atom stereocenters. The van der Waals surface area contributed by atoms with Gasteiger partial charge in [-0.2, -0.15) is 0 Å². The van der Waals surface area contributed by atoms with Gasteiger partial charge in [0.2, 0.25) is 0 Å². The van der Waals surface area contributed by atoms with Crippen LogP contribution in [-0.2, 0) is 0 Å². The summed E-state index contributed by atoms with van der Waals surface area (Å²) in [5.41, 5.74) is 6.71. The van der Waals surface area contributed by atoms with Gasteiger partial charge in [0, 0.05) is 27.9 Å². The molecule has 0 saturated heterocycles. The summed E-state index contributed by atoms with van der Waals surface area (Å²) in [6.45, 7) is 6.85. The van der Waals surface area contributed by atoms with E-state index in [0.717, 1.165) is 38.6 Å². The number of hydrogen-bond donors (Lipinski definition) is 1. The van der Waals surface area contributed by atoms with Gasteiger partial charge in [0.1, 0.15) is 0 Å². The lowest BCUT2D eigenvalue weighted by molar-refractivity contribution is 0.0952. The SMILES string of the molecule is CCC(CNC(=O)c1c(C)c(-c2ccccc2)nc2c(Br)cccc12)c1cccc(C)c1. The highest BCUT2D eigenvalue weighted by molar-refractivity contribution is 9.10. The summed E-state index contributed by atoms with van der Waals surface area (Å²) in [4.78, 5) is 18.5. The van der Waals surface area contributed by atoms with Crippen molar-refractivity contribution >= 4 is 32.7 Å². The minimum Gasteiger partial charge on any atom is -0.351 e. The van der Waals surface area contributed by atoms with Crippen molar-refractivity contribution < 1.29 is 4.79 Å². The van der Waals surface area contributed by atoms with Crippen LogP contribution in [-0.4, -0.2) is 17.4 Å². The van der Waals surface area contributed by atoms with Gasteiger partial charge >= 0.3 is 0 Å². The topological polar surface area (TPSA) is 42.0 Å². The molecule has 4 aromatic rings. The fourth-order valence-corrected chi connectivity index (χ4v) is 4.70. The van der Waals surface area contributed by atoms with Crippen molar-refractivity contribution in [2.75, 3.05) is 6.54 Å². The number of benzene rings is 3. The first-order valence-electron chi connectivity index (χ1n) is 11.0. The van der Waals surface area contributed by atoms with Crippen LogP contribution in [0.5, 0.6) is 0 Å². The summed E-state index contributed by atoms with van der Waals surface area (Å²) in [5.74, 6) is 0.212. The first-order chi connectivity index (χ1) is 15.5. The number of nitrogens with zero attached hydrogens (tertiary/aromatic N) is 1. The van der Waals surface area contributed by atoms with E-state index in [4.69, 9.17) is 4.98 Å².